The molecular weight excluding hydrogens is 1170 g/mol. The monoisotopic (exact) mass is 1340 g/mol. The van der Waals surface area contributed by atoms with Gasteiger partial charge in [-0.25, -0.2) is 0 Å². The van der Waals surface area contributed by atoms with Gasteiger partial charge in [-0.05, 0) is 64.2 Å². The van der Waals surface area contributed by atoms with E-state index < -0.39 is 6.10 Å². The molecule has 0 saturated carbocycles. The van der Waals surface area contributed by atoms with Crippen molar-refractivity contribution in [1.29, 1.82) is 0 Å². The summed E-state index contributed by atoms with van der Waals surface area (Å²) in [6.45, 7) is 4.10. The van der Waals surface area contributed by atoms with Gasteiger partial charge in [0.05, 0.1) is 6.61 Å². The smallest absolute Gasteiger partial charge is 0.306 e. The number of aliphatic hydroxyl groups excluding tert-OH is 1. The van der Waals surface area contributed by atoms with Crippen LogP contribution < -0.4 is 0 Å². The highest BCUT2D eigenvalue weighted by atomic mass is 16.6. The second-order valence-electron chi connectivity index (χ2n) is 29.6. The standard InChI is InChI=1S/C91H168O5/c1-3-5-7-9-11-13-15-17-19-21-23-25-27-29-31-33-35-37-39-41-43-45-47-49-51-53-55-57-59-61-63-65-67-69-71-73-75-77-79-81-83-85-90(93)95-88-89(87-92)96-91(94)86-84-82-80-78-76-74-72-70-68-66-64-62-60-58-56-54-52-50-48-46-44-42-40-38-36-34-32-30-28-26-24-22-20-18-16-14-12-10-8-6-4-2/h6,8,12,14,18,20,24,26,30,32,36,38,89,92H,3-5,7,9-11,13,15-17,19,21-23,25,27-29,31,33-35,37,39-88H2,1-2H3/b8-6-,14-12-,20-18-,26-24-,32-30-,38-36-. The molecular formula is C91H168O5. The molecule has 0 aromatic rings. The number of allylic oxidation sites excluding steroid dienone is 12. The average Bonchev–Trinajstić information content (AvgIpc) is 3.79. The van der Waals surface area contributed by atoms with Crippen LogP contribution in [0.4, 0.5) is 0 Å². The van der Waals surface area contributed by atoms with E-state index >= 15 is 0 Å². The third-order valence-electron chi connectivity index (χ3n) is 20.0. The van der Waals surface area contributed by atoms with Crippen molar-refractivity contribution in [3.8, 4) is 0 Å². The molecule has 0 rings (SSSR count). The van der Waals surface area contributed by atoms with E-state index in [1.54, 1.807) is 0 Å². The molecule has 96 heavy (non-hydrogen) atoms. The highest BCUT2D eigenvalue weighted by Crippen LogP contribution is 2.21. The van der Waals surface area contributed by atoms with Gasteiger partial charge >= 0.3 is 11.9 Å². The van der Waals surface area contributed by atoms with Crippen LogP contribution in [-0.4, -0.2) is 36.4 Å². The van der Waals surface area contributed by atoms with Crippen molar-refractivity contribution in [3.05, 3.63) is 72.9 Å². The van der Waals surface area contributed by atoms with Crippen LogP contribution in [0.2, 0.25) is 0 Å². The zero-order chi connectivity index (χ0) is 69.0. The molecule has 0 aliphatic carbocycles. The topological polar surface area (TPSA) is 72.8 Å². The maximum absolute atomic E-state index is 12.4. The maximum atomic E-state index is 12.4. The minimum atomic E-state index is -0.772. The van der Waals surface area contributed by atoms with E-state index in [-0.39, 0.29) is 25.2 Å². The third-order valence-corrected chi connectivity index (χ3v) is 20.0. The minimum Gasteiger partial charge on any atom is -0.462 e. The van der Waals surface area contributed by atoms with Gasteiger partial charge < -0.3 is 14.6 Å². The first-order valence-electron chi connectivity index (χ1n) is 43.5. The number of carbonyl (C=O) groups is 2. The summed E-state index contributed by atoms with van der Waals surface area (Å²) in [5.41, 5.74) is 0. The second kappa shape index (κ2) is 86.6. The Morgan fingerprint density at radius 2 is 0.448 bits per heavy atom. The summed E-state index contributed by atoms with van der Waals surface area (Å²) in [5.74, 6) is -0.563. The van der Waals surface area contributed by atoms with E-state index in [0.29, 0.717) is 12.8 Å². The van der Waals surface area contributed by atoms with E-state index in [9.17, 15) is 14.7 Å². The number of hydrogen-bond donors (Lipinski definition) is 1. The Balaban J connectivity index is 3.36. The summed E-state index contributed by atoms with van der Waals surface area (Å²) in [6, 6.07) is 0. The first-order valence-corrected chi connectivity index (χ1v) is 43.5. The lowest BCUT2D eigenvalue weighted by atomic mass is 10.0. The summed E-state index contributed by atoms with van der Waals surface area (Å²) in [5, 5.41) is 9.74. The SMILES string of the molecule is CC/C=C\C/C=C\C/C=C\C/C=C\C/C=C\C/C=C\CCCCCCCCCCCCCCCCCCCCCCCCC(=O)OC(CO)COC(=O)CCCCCCCCCCCCCCCCCCCCCCCCCCCCCCCCCCCCCCCCCCC. The quantitative estimate of drug-likeness (QED) is 0.0373. The van der Waals surface area contributed by atoms with Crippen molar-refractivity contribution in [2.75, 3.05) is 13.2 Å². The number of aliphatic hydroxyl groups is 1. The first kappa shape index (κ1) is 93.3. The largest absolute Gasteiger partial charge is 0.462 e. The van der Waals surface area contributed by atoms with Crippen molar-refractivity contribution in [2.45, 2.75) is 482 Å². The predicted octanol–water partition coefficient (Wildman–Crippen LogP) is 30.9. The molecule has 1 atom stereocenters. The van der Waals surface area contributed by atoms with Crippen molar-refractivity contribution >= 4 is 11.9 Å². The highest BCUT2D eigenvalue weighted by Gasteiger charge is 2.16. The summed E-state index contributed by atoms with van der Waals surface area (Å²) in [4.78, 5) is 24.8. The van der Waals surface area contributed by atoms with E-state index in [1.807, 2.05) is 0 Å². The minimum absolute atomic E-state index is 0.0596. The fraction of sp³-hybridized carbons (Fsp3) is 0.846. The van der Waals surface area contributed by atoms with E-state index in [4.69, 9.17) is 9.47 Å². The Hall–Kier alpha value is -2.66. The molecule has 0 radical (unpaired) electrons. The Morgan fingerprint density at radius 3 is 0.677 bits per heavy atom. The van der Waals surface area contributed by atoms with Crippen LogP contribution >= 0.6 is 0 Å². The molecule has 0 saturated heterocycles. The van der Waals surface area contributed by atoms with Crippen molar-refractivity contribution in [3.63, 3.8) is 0 Å². The second-order valence-corrected chi connectivity index (χ2v) is 29.6. The average molecular weight is 1340 g/mol. The van der Waals surface area contributed by atoms with Crippen LogP contribution in [0.15, 0.2) is 72.9 Å². The van der Waals surface area contributed by atoms with Crippen molar-refractivity contribution < 1.29 is 24.2 Å². The number of carbonyl (C=O) groups excluding carboxylic acids is 2. The van der Waals surface area contributed by atoms with Crippen LogP contribution in [0.5, 0.6) is 0 Å². The summed E-state index contributed by atoms with van der Waals surface area (Å²) in [6.07, 6.45) is 122. The molecule has 5 nitrogen and oxygen atoms in total. The number of esters is 2. The fourth-order valence-electron chi connectivity index (χ4n) is 13.6. The zero-order valence-electron chi connectivity index (χ0n) is 64.9. The molecule has 562 valence electrons. The van der Waals surface area contributed by atoms with Gasteiger partial charge in [-0.1, -0.05) is 472 Å². The van der Waals surface area contributed by atoms with Crippen LogP contribution in [0.3, 0.4) is 0 Å². The van der Waals surface area contributed by atoms with Gasteiger partial charge in [-0.2, -0.15) is 0 Å². The van der Waals surface area contributed by atoms with Gasteiger partial charge in [0.1, 0.15) is 6.61 Å². The summed E-state index contributed by atoms with van der Waals surface area (Å²) >= 11 is 0. The summed E-state index contributed by atoms with van der Waals surface area (Å²) < 4.78 is 10.8. The number of ether oxygens (including phenoxy) is 2. The Bertz CT molecular complexity index is 1670. The lowest BCUT2D eigenvalue weighted by Gasteiger charge is -2.15. The number of unbranched alkanes of at least 4 members (excludes halogenated alkanes) is 62. The maximum Gasteiger partial charge on any atom is 0.306 e. The Kier molecular flexibility index (Phi) is 84.2. The van der Waals surface area contributed by atoms with E-state index in [2.05, 4.69) is 86.8 Å². The molecule has 0 heterocycles. The molecule has 0 aromatic heterocycles. The molecule has 1 N–H and O–H groups in total. The van der Waals surface area contributed by atoms with Gasteiger partial charge in [0, 0.05) is 12.8 Å². The van der Waals surface area contributed by atoms with Crippen LogP contribution in [0.1, 0.15) is 476 Å². The zero-order valence-corrected chi connectivity index (χ0v) is 64.9. The van der Waals surface area contributed by atoms with Gasteiger partial charge in [0.2, 0.25) is 0 Å². The molecule has 0 aromatic carbocycles. The van der Waals surface area contributed by atoms with Crippen LogP contribution in [-0.2, 0) is 19.1 Å². The molecule has 5 heteroatoms. The number of hydrogen-bond acceptors (Lipinski definition) is 5. The normalized spacial score (nSPS) is 12.5. The molecule has 0 fully saturated rings. The van der Waals surface area contributed by atoms with E-state index in [1.165, 1.54) is 379 Å². The summed E-state index contributed by atoms with van der Waals surface area (Å²) in [7, 11) is 0. The molecule has 0 spiro atoms. The predicted molar refractivity (Wildman–Crippen MR) is 427 cm³/mol. The van der Waals surface area contributed by atoms with Gasteiger partial charge in [0.15, 0.2) is 6.10 Å². The molecule has 0 bridgehead atoms. The van der Waals surface area contributed by atoms with Gasteiger partial charge in [0.25, 0.3) is 0 Å². The molecule has 0 aliphatic rings. The molecule has 0 amide bonds. The Labute approximate surface area is 601 Å². The van der Waals surface area contributed by atoms with Crippen molar-refractivity contribution in [2.24, 2.45) is 0 Å². The lowest BCUT2D eigenvalue weighted by molar-refractivity contribution is -0.161. The Morgan fingerprint density at radius 1 is 0.250 bits per heavy atom. The number of rotatable bonds is 82. The van der Waals surface area contributed by atoms with Crippen LogP contribution in [0.25, 0.3) is 0 Å². The van der Waals surface area contributed by atoms with Crippen LogP contribution in [0, 0.1) is 0 Å². The van der Waals surface area contributed by atoms with Gasteiger partial charge in [-0.3, -0.25) is 9.59 Å². The molecule has 1 unspecified atom stereocenters. The van der Waals surface area contributed by atoms with Gasteiger partial charge in [-0.15, -0.1) is 0 Å². The first-order chi connectivity index (χ1) is 47.6. The lowest BCUT2D eigenvalue weighted by Crippen LogP contribution is -2.28. The van der Waals surface area contributed by atoms with E-state index in [0.717, 1.165) is 70.6 Å². The third kappa shape index (κ3) is 83.8. The van der Waals surface area contributed by atoms with Crippen molar-refractivity contribution in [1.82, 2.24) is 0 Å². The fourth-order valence-corrected chi connectivity index (χ4v) is 13.6. The molecule has 0 aliphatic heterocycles. The highest BCUT2D eigenvalue weighted by molar-refractivity contribution is 5.70.